The Morgan fingerprint density at radius 3 is 3.11 bits per heavy atom. The fraction of sp³-hybridized carbons (Fsp3) is 0.643. The Morgan fingerprint density at radius 2 is 2.39 bits per heavy atom. The first-order chi connectivity index (χ1) is 8.79. The molecule has 18 heavy (non-hydrogen) atoms. The van der Waals surface area contributed by atoms with E-state index in [-0.39, 0.29) is 6.04 Å². The molecule has 2 N–H and O–H groups in total. The maximum absolute atomic E-state index is 6.18. The summed E-state index contributed by atoms with van der Waals surface area (Å²) >= 11 is 0. The zero-order chi connectivity index (χ0) is 12.8. The Kier molecular flexibility index (Phi) is 4.96. The Hall–Kier alpha value is -1.13. The molecule has 0 aliphatic carbocycles. The minimum atomic E-state index is 0.0122. The highest BCUT2D eigenvalue weighted by Crippen LogP contribution is 2.23. The van der Waals surface area contributed by atoms with Gasteiger partial charge in [-0.3, -0.25) is 4.98 Å². The third kappa shape index (κ3) is 3.68. The molecule has 1 saturated heterocycles. The minimum absolute atomic E-state index is 0.0122. The summed E-state index contributed by atoms with van der Waals surface area (Å²) in [5.74, 6) is 0.761. The SMILES string of the molecule is COc1cncc(C(N)CCC2CCCCO2)c1. The second kappa shape index (κ2) is 6.71. The van der Waals surface area contributed by atoms with Crippen molar-refractivity contribution in [2.24, 2.45) is 5.73 Å². The average Bonchev–Trinajstić information content (AvgIpc) is 2.46. The normalized spacial score (nSPS) is 21.6. The van der Waals surface area contributed by atoms with Crippen LogP contribution in [0.3, 0.4) is 0 Å². The number of nitrogens with zero attached hydrogens (tertiary/aromatic N) is 1. The van der Waals surface area contributed by atoms with Crippen molar-refractivity contribution in [3.63, 3.8) is 0 Å². The molecule has 2 rings (SSSR count). The lowest BCUT2D eigenvalue weighted by Gasteiger charge is -2.23. The van der Waals surface area contributed by atoms with Crippen molar-refractivity contribution < 1.29 is 9.47 Å². The Morgan fingerprint density at radius 1 is 1.50 bits per heavy atom. The molecule has 1 aliphatic heterocycles. The van der Waals surface area contributed by atoms with Gasteiger partial charge in [-0.1, -0.05) is 0 Å². The lowest BCUT2D eigenvalue weighted by Crippen LogP contribution is -2.21. The van der Waals surface area contributed by atoms with Crippen molar-refractivity contribution in [1.82, 2.24) is 4.98 Å². The van der Waals surface area contributed by atoms with Crippen molar-refractivity contribution in [1.29, 1.82) is 0 Å². The standard InChI is InChI=1S/C14H22N2O2/c1-17-13-8-11(9-16-10-13)14(15)6-5-12-4-2-3-7-18-12/h8-10,12,14H,2-7,15H2,1H3. The molecule has 1 aromatic heterocycles. The highest BCUT2D eigenvalue weighted by Gasteiger charge is 2.16. The lowest BCUT2D eigenvalue weighted by molar-refractivity contribution is 0.00912. The van der Waals surface area contributed by atoms with Gasteiger partial charge in [0.15, 0.2) is 0 Å². The van der Waals surface area contributed by atoms with Crippen molar-refractivity contribution in [3.8, 4) is 5.75 Å². The molecule has 2 heterocycles. The third-order valence-corrected chi connectivity index (χ3v) is 3.47. The summed E-state index contributed by atoms with van der Waals surface area (Å²) in [6.45, 7) is 0.903. The second-order valence-corrected chi connectivity index (χ2v) is 4.83. The van der Waals surface area contributed by atoms with Gasteiger partial charge in [0.2, 0.25) is 0 Å². The molecule has 0 amide bonds. The number of methoxy groups -OCH3 is 1. The van der Waals surface area contributed by atoms with Crippen LogP contribution in [0.25, 0.3) is 0 Å². The van der Waals surface area contributed by atoms with Crippen LogP contribution >= 0.6 is 0 Å². The van der Waals surface area contributed by atoms with Gasteiger partial charge in [0, 0.05) is 18.8 Å². The van der Waals surface area contributed by atoms with Crippen LogP contribution < -0.4 is 10.5 Å². The number of ether oxygens (including phenoxy) is 2. The summed E-state index contributed by atoms with van der Waals surface area (Å²) < 4.78 is 10.9. The van der Waals surface area contributed by atoms with Crippen LogP contribution in [0.2, 0.25) is 0 Å². The molecule has 4 heteroatoms. The summed E-state index contributed by atoms with van der Waals surface area (Å²) in [6.07, 6.45) is 9.50. The van der Waals surface area contributed by atoms with E-state index in [0.717, 1.165) is 30.8 Å². The largest absolute Gasteiger partial charge is 0.495 e. The molecule has 0 saturated carbocycles. The fourth-order valence-corrected chi connectivity index (χ4v) is 2.32. The molecule has 1 aromatic rings. The van der Waals surface area contributed by atoms with Crippen LogP contribution in [0.4, 0.5) is 0 Å². The lowest BCUT2D eigenvalue weighted by atomic mass is 9.99. The summed E-state index contributed by atoms with van der Waals surface area (Å²) in [4.78, 5) is 4.14. The molecular weight excluding hydrogens is 228 g/mol. The first-order valence-electron chi connectivity index (χ1n) is 6.65. The van der Waals surface area contributed by atoms with Gasteiger partial charge in [-0.25, -0.2) is 0 Å². The summed E-state index contributed by atoms with van der Waals surface area (Å²) in [5, 5.41) is 0. The molecule has 1 aliphatic rings. The predicted octanol–water partition coefficient (Wildman–Crippen LogP) is 2.44. The van der Waals surface area contributed by atoms with E-state index >= 15 is 0 Å². The Bertz CT molecular complexity index is 365. The minimum Gasteiger partial charge on any atom is -0.495 e. The summed E-state index contributed by atoms with van der Waals surface area (Å²) in [6, 6.07) is 1.97. The Balaban J connectivity index is 1.84. The second-order valence-electron chi connectivity index (χ2n) is 4.83. The van der Waals surface area contributed by atoms with Crippen LogP contribution in [0.15, 0.2) is 18.5 Å². The zero-order valence-electron chi connectivity index (χ0n) is 11.0. The molecule has 0 aromatic carbocycles. The number of hydrogen-bond acceptors (Lipinski definition) is 4. The van der Waals surface area contributed by atoms with E-state index in [2.05, 4.69) is 4.98 Å². The maximum Gasteiger partial charge on any atom is 0.137 e. The van der Waals surface area contributed by atoms with Crippen molar-refractivity contribution in [3.05, 3.63) is 24.0 Å². The van der Waals surface area contributed by atoms with Gasteiger partial charge in [-0.05, 0) is 43.7 Å². The fourth-order valence-electron chi connectivity index (χ4n) is 2.32. The number of hydrogen-bond donors (Lipinski definition) is 1. The number of rotatable bonds is 5. The van der Waals surface area contributed by atoms with Gasteiger partial charge in [-0.15, -0.1) is 0 Å². The van der Waals surface area contributed by atoms with E-state index in [1.165, 1.54) is 19.3 Å². The number of aromatic nitrogens is 1. The first kappa shape index (κ1) is 13.3. The van der Waals surface area contributed by atoms with Crippen LogP contribution in [0.1, 0.15) is 43.7 Å². The van der Waals surface area contributed by atoms with Crippen LogP contribution in [0, 0.1) is 0 Å². The average molecular weight is 250 g/mol. The molecule has 0 radical (unpaired) electrons. The molecule has 2 atom stereocenters. The molecule has 4 nitrogen and oxygen atoms in total. The van der Waals surface area contributed by atoms with E-state index in [9.17, 15) is 0 Å². The van der Waals surface area contributed by atoms with E-state index in [1.54, 1.807) is 13.3 Å². The monoisotopic (exact) mass is 250 g/mol. The van der Waals surface area contributed by atoms with Gasteiger partial charge in [0.05, 0.1) is 19.4 Å². The van der Waals surface area contributed by atoms with Crippen molar-refractivity contribution in [2.75, 3.05) is 13.7 Å². The van der Waals surface area contributed by atoms with Gasteiger partial charge in [0.1, 0.15) is 5.75 Å². The summed E-state index contributed by atoms with van der Waals surface area (Å²) in [7, 11) is 1.64. The van der Waals surface area contributed by atoms with Crippen LogP contribution in [-0.2, 0) is 4.74 Å². The summed E-state index contributed by atoms with van der Waals surface area (Å²) in [5.41, 5.74) is 7.22. The van der Waals surface area contributed by atoms with E-state index in [4.69, 9.17) is 15.2 Å². The highest BCUT2D eigenvalue weighted by atomic mass is 16.5. The number of pyridine rings is 1. The number of nitrogens with two attached hydrogens (primary N) is 1. The molecule has 0 spiro atoms. The first-order valence-corrected chi connectivity index (χ1v) is 6.65. The molecule has 2 unspecified atom stereocenters. The van der Waals surface area contributed by atoms with Crippen molar-refractivity contribution in [2.45, 2.75) is 44.2 Å². The predicted molar refractivity (Wildman–Crippen MR) is 70.5 cm³/mol. The van der Waals surface area contributed by atoms with Gasteiger partial charge < -0.3 is 15.2 Å². The van der Waals surface area contributed by atoms with Crippen LogP contribution in [-0.4, -0.2) is 24.8 Å². The van der Waals surface area contributed by atoms with E-state index in [1.807, 2.05) is 12.3 Å². The highest BCUT2D eigenvalue weighted by molar-refractivity contribution is 5.25. The topological polar surface area (TPSA) is 57.4 Å². The van der Waals surface area contributed by atoms with Gasteiger partial charge in [-0.2, -0.15) is 0 Å². The molecule has 0 bridgehead atoms. The quantitative estimate of drug-likeness (QED) is 0.872. The van der Waals surface area contributed by atoms with Crippen molar-refractivity contribution >= 4 is 0 Å². The Labute approximate surface area is 108 Å². The smallest absolute Gasteiger partial charge is 0.137 e. The third-order valence-electron chi connectivity index (χ3n) is 3.47. The molecular formula is C14H22N2O2. The molecule has 1 fully saturated rings. The van der Waals surface area contributed by atoms with Crippen LogP contribution in [0.5, 0.6) is 5.75 Å². The van der Waals surface area contributed by atoms with E-state index in [0.29, 0.717) is 6.10 Å². The molecule has 100 valence electrons. The van der Waals surface area contributed by atoms with Gasteiger partial charge in [0.25, 0.3) is 0 Å². The van der Waals surface area contributed by atoms with E-state index < -0.39 is 0 Å². The maximum atomic E-state index is 6.18. The zero-order valence-corrected chi connectivity index (χ0v) is 11.0. The van der Waals surface area contributed by atoms with Gasteiger partial charge >= 0.3 is 0 Å².